The minimum atomic E-state index is 0.675. The number of rotatable bonds is 3. The van der Waals surface area contributed by atoms with Crippen LogP contribution in [0.4, 0.5) is 0 Å². The smallest absolute Gasteiger partial charge is 0.0994 e. The van der Waals surface area contributed by atoms with Gasteiger partial charge in [0, 0.05) is 16.2 Å². The summed E-state index contributed by atoms with van der Waals surface area (Å²) in [5, 5.41) is 1.57. The van der Waals surface area contributed by atoms with Gasteiger partial charge in [-0.2, -0.15) is 0 Å². The monoisotopic (exact) mass is 314 g/mol. The fraction of sp³-hybridized carbons (Fsp3) is 0.632. The van der Waals surface area contributed by atoms with E-state index in [-0.39, 0.29) is 0 Å². The third kappa shape index (κ3) is 2.80. The molecule has 0 radical (unpaired) electrons. The first kappa shape index (κ1) is 14.6. The molecule has 2 atom stereocenters. The zero-order valence-electron chi connectivity index (χ0n) is 13.5. The number of thioether (sulfide) groups is 1. The van der Waals surface area contributed by atoms with Crippen LogP contribution in [0.3, 0.4) is 0 Å². The fourth-order valence-corrected chi connectivity index (χ4v) is 5.85. The van der Waals surface area contributed by atoms with Crippen molar-refractivity contribution in [3.05, 3.63) is 35.9 Å². The average molecular weight is 314 g/mol. The maximum Gasteiger partial charge on any atom is 0.0994 e. The van der Waals surface area contributed by atoms with Crippen molar-refractivity contribution < 1.29 is 0 Å². The molecule has 2 fully saturated rings. The normalized spacial score (nSPS) is 26.8. The van der Waals surface area contributed by atoms with Crippen LogP contribution in [0.25, 0.3) is 5.52 Å². The molecule has 1 aliphatic heterocycles. The van der Waals surface area contributed by atoms with Gasteiger partial charge in [0.2, 0.25) is 0 Å². The summed E-state index contributed by atoms with van der Waals surface area (Å²) in [4.78, 5) is 4.32. The molecule has 0 bridgehead atoms. The second kappa shape index (κ2) is 6.27. The van der Waals surface area contributed by atoms with E-state index in [1.807, 2.05) is 12.5 Å². The second-order valence-corrected chi connectivity index (χ2v) is 8.67. The predicted molar refractivity (Wildman–Crippen MR) is 94.5 cm³/mol. The highest BCUT2D eigenvalue weighted by molar-refractivity contribution is 8.01. The van der Waals surface area contributed by atoms with E-state index in [0.717, 1.165) is 11.2 Å². The molecule has 3 heteroatoms. The van der Waals surface area contributed by atoms with E-state index in [9.17, 15) is 0 Å². The summed E-state index contributed by atoms with van der Waals surface area (Å²) >= 11 is 2.21. The highest BCUT2D eigenvalue weighted by atomic mass is 32.2. The summed E-state index contributed by atoms with van der Waals surface area (Å²) in [6, 6.07) is 4.43. The first-order chi connectivity index (χ1) is 10.8. The van der Waals surface area contributed by atoms with Crippen molar-refractivity contribution in [3.63, 3.8) is 0 Å². The molecule has 3 heterocycles. The Hall–Kier alpha value is -0.960. The fourth-order valence-electron chi connectivity index (χ4n) is 4.28. The minimum Gasteiger partial charge on any atom is -0.302 e. The molecule has 22 heavy (non-hydrogen) atoms. The molecule has 2 aliphatic rings. The number of aryl methyl sites for hydroxylation is 1. The highest BCUT2D eigenvalue weighted by Crippen LogP contribution is 2.52. The molecule has 118 valence electrons. The Labute approximate surface area is 137 Å². The molecule has 0 amide bonds. The van der Waals surface area contributed by atoms with Crippen molar-refractivity contribution in [3.8, 4) is 0 Å². The van der Waals surface area contributed by atoms with E-state index in [2.05, 4.69) is 40.2 Å². The van der Waals surface area contributed by atoms with Gasteiger partial charge in [-0.1, -0.05) is 44.6 Å². The SMILES string of the molecule is Cc1ccc2cncn2c1C1CC(CC2CCCCCC2)S1. The van der Waals surface area contributed by atoms with E-state index >= 15 is 0 Å². The van der Waals surface area contributed by atoms with Gasteiger partial charge in [0.1, 0.15) is 0 Å². The van der Waals surface area contributed by atoms with Crippen LogP contribution < -0.4 is 0 Å². The van der Waals surface area contributed by atoms with E-state index in [1.165, 1.54) is 68.1 Å². The van der Waals surface area contributed by atoms with Crippen LogP contribution in [0.5, 0.6) is 0 Å². The first-order valence-corrected chi connectivity index (χ1v) is 9.82. The molecule has 2 nitrogen and oxygen atoms in total. The largest absolute Gasteiger partial charge is 0.302 e. The summed E-state index contributed by atoms with van der Waals surface area (Å²) in [6.45, 7) is 2.24. The lowest BCUT2D eigenvalue weighted by atomic mass is 9.92. The van der Waals surface area contributed by atoms with Crippen LogP contribution in [0.15, 0.2) is 24.7 Å². The van der Waals surface area contributed by atoms with Crippen molar-refractivity contribution in [1.82, 2.24) is 9.38 Å². The zero-order valence-corrected chi connectivity index (χ0v) is 14.3. The molecule has 2 unspecified atom stereocenters. The van der Waals surface area contributed by atoms with Crippen molar-refractivity contribution in [2.24, 2.45) is 5.92 Å². The zero-order chi connectivity index (χ0) is 14.9. The van der Waals surface area contributed by atoms with Crippen molar-refractivity contribution in [1.29, 1.82) is 0 Å². The van der Waals surface area contributed by atoms with Crippen LogP contribution in [0.2, 0.25) is 0 Å². The lowest BCUT2D eigenvalue weighted by Gasteiger charge is -2.38. The number of fused-ring (bicyclic) bond motifs is 1. The van der Waals surface area contributed by atoms with Gasteiger partial charge in [-0.05, 0) is 37.3 Å². The van der Waals surface area contributed by atoms with Gasteiger partial charge >= 0.3 is 0 Å². The van der Waals surface area contributed by atoms with E-state index in [1.54, 1.807) is 0 Å². The Morgan fingerprint density at radius 1 is 1.18 bits per heavy atom. The number of imidazole rings is 1. The lowest BCUT2D eigenvalue weighted by molar-refractivity contribution is 0.405. The number of hydrogen-bond donors (Lipinski definition) is 0. The van der Waals surface area contributed by atoms with Crippen LogP contribution >= 0.6 is 11.8 Å². The standard InChI is InChI=1S/C19H26N2S/c1-14-8-9-16-12-20-13-21(16)19(14)18-11-17(22-18)10-15-6-4-2-3-5-7-15/h8-9,12-13,15,17-18H,2-7,10-11H2,1H3. The molecule has 1 saturated carbocycles. The maximum absolute atomic E-state index is 4.32. The molecule has 2 aromatic rings. The summed E-state index contributed by atoms with van der Waals surface area (Å²) in [5.41, 5.74) is 4.13. The molecular formula is C19H26N2S. The Bertz CT molecular complexity index is 634. The summed E-state index contributed by atoms with van der Waals surface area (Å²) in [6.07, 6.45) is 15.6. The number of aromatic nitrogens is 2. The Balaban J connectivity index is 1.42. The third-order valence-electron chi connectivity index (χ3n) is 5.54. The topological polar surface area (TPSA) is 17.3 Å². The second-order valence-electron chi connectivity index (χ2n) is 7.17. The summed E-state index contributed by atoms with van der Waals surface area (Å²) in [5.74, 6) is 1.01. The van der Waals surface area contributed by atoms with Crippen LogP contribution in [-0.2, 0) is 0 Å². The summed E-state index contributed by atoms with van der Waals surface area (Å²) < 4.78 is 2.30. The Morgan fingerprint density at radius 3 is 2.73 bits per heavy atom. The van der Waals surface area contributed by atoms with Crippen molar-refractivity contribution in [2.45, 2.75) is 68.8 Å². The minimum absolute atomic E-state index is 0.675. The Morgan fingerprint density at radius 2 is 1.95 bits per heavy atom. The van der Waals surface area contributed by atoms with Crippen LogP contribution in [0.1, 0.15) is 67.9 Å². The number of pyridine rings is 1. The van der Waals surface area contributed by atoms with Gasteiger partial charge in [0.05, 0.1) is 18.0 Å². The number of hydrogen-bond acceptors (Lipinski definition) is 2. The van der Waals surface area contributed by atoms with Crippen molar-refractivity contribution in [2.75, 3.05) is 0 Å². The van der Waals surface area contributed by atoms with E-state index in [0.29, 0.717) is 5.25 Å². The molecule has 0 spiro atoms. The van der Waals surface area contributed by atoms with Gasteiger partial charge in [-0.15, -0.1) is 11.8 Å². The van der Waals surface area contributed by atoms with Gasteiger partial charge < -0.3 is 4.40 Å². The van der Waals surface area contributed by atoms with Crippen LogP contribution in [-0.4, -0.2) is 14.6 Å². The highest BCUT2D eigenvalue weighted by Gasteiger charge is 2.34. The van der Waals surface area contributed by atoms with Gasteiger partial charge in [0.15, 0.2) is 0 Å². The molecule has 0 N–H and O–H groups in total. The Kier molecular flexibility index (Phi) is 4.17. The lowest BCUT2D eigenvalue weighted by Crippen LogP contribution is -2.25. The van der Waals surface area contributed by atoms with Gasteiger partial charge in [-0.3, -0.25) is 0 Å². The summed E-state index contributed by atoms with van der Waals surface area (Å²) in [7, 11) is 0. The van der Waals surface area contributed by atoms with Gasteiger partial charge in [0.25, 0.3) is 0 Å². The molecule has 1 saturated heterocycles. The molecule has 1 aliphatic carbocycles. The molecule has 0 aromatic carbocycles. The van der Waals surface area contributed by atoms with Crippen LogP contribution in [0, 0.1) is 12.8 Å². The quantitative estimate of drug-likeness (QED) is 0.691. The average Bonchev–Trinajstić information content (AvgIpc) is 2.79. The molecule has 2 aromatic heterocycles. The number of nitrogens with zero attached hydrogens (tertiary/aromatic N) is 2. The third-order valence-corrected chi connectivity index (χ3v) is 7.06. The predicted octanol–water partition coefficient (Wildman–Crippen LogP) is 5.55. The van der Waals surface area contributed by atoms with Crippen molar-refractivity contribution >= 4 is 17.3 Å². The molecular weight excluding hydrogens is 288 g/mol. The molecule has 4 rings (SSSR count). The van der Waals surface area contributed by atoms with Gasteiger partial charge in [-0.25, -0.2) is 4.98 Å². The van der Waals surface area contributed by atoms with E-state index in [4.69, 9.17) is 0 Å². The van der Waals surface area contributed by atoms with E-state index < -0.39 is 0 Å². The maximum atomic E-state index is 4.32. The first-order valence-electron chi connectivity index (χ1n) is 8.88.